The van der Waals surface area contributed by atoms with Gasteiger partial charge in [-0.1, -0.05) is 35.5 Å². The number of carbonyl (C=O) groups excluding carboxylic acids is 2. The average molecular weight is 397 g/mol. The number of hydrogen-bond donors (Lipinski definition) is 4. The number of nitrogens with one attached hydrogen (secondary N) is 4. The number of carbonyl (C=O) groups is 2. The molecule has 1 atom stereocenters. The summed E-state index contributed by atoms with van der Waals surface area (Å²) in [5, 5.41) is 19.3. The number of benzene rings is 1. The number of hydrogen-bond acceptors (Lipinski definition) is 7. The van der Waals surface area contributed by atoms with Crippen LogP contribution in [-0.4, -0.2) is 66.9 Å². The molecule has 0 aliphatic rings. The highest BCUT2D eigenvalue weighted by atomic mass is 16.2. The lowest BCUT2D eigenvalue weighted by atomic mass is 10.1. The number of aromatic amines is 2. The summed E-state index contributed by atoms with van der Waals surface area (Å²) in [6.45, 7) is 0.924. The molecule has 0 spiro atoms. The van der Waals surface area contributed by atoms with Crippen molar-refractivity contribution in [3.63, 3.8) is 0 Å². The van der Waals surface area contributed by atoms with Crippen LogP contribution in [-0.2, 0) is 29.1 Å². The highest BCUT2D eigenvalue weighted by Crippen LogP contribution is 2.07. The van der Waals surface area contributed by atoms with E-state index in [1.807, 2.05) is 35.2 Å². The zero-order valence-corrected chi connectivity index (χ0v) is 16.0. The van der Waals surface area contributed by atoms with Gasteiger partial charge in [-0.3, -0.25) is 14.5 Å². The molecule has 1 aromatic carbocycles. The number of rotatable bonds is 10. The summed E-state index contributed by atoms with van der Waals surface area (Å²) in [6.07, 6.45) is 3.52. The predicted octanol–water partition coefficient (Wildman–Crippen LogP) is -0.601. The quantitative estimate of drug-likeness (QED) is 0.357. The Morgan fingerprint density at radius 1 is 1.21 bits per heavy atom. The van der Waals surface area contributed by atoms with Crippen LogP contribution in [0.5, 0.6) is 0 Å². The van der Waals surface area contributed by atoms with Crippen LogP contribution in [0.2, 0.25) is 0 Å². The summed E-state index contributed by atoms with van der Waals surface area (Å²) in [4.78, 5) is 33.7. The van der Waals surface area contributed by atoms with E-state index in [1.54, 1.807) is 6.20 Å². The van der Waals surface area contributed by atoms with Gasteiger partial charge in [0, 0.05) is 26.2 Å². The molecule has 0 unspecified atom stereocenters. The minimum absolute atomic E-state index is 0.0670. The third-order valence-electron chi connectivity index (χ3n) is 4.24. The van der Waals surface area contributed by atoms with E-state index in [0.29, 0.717) is 31.0 Å². The molecule has 0 saturated carbocycles. The zero-order chi connectivity index (χ0) is 20.5. The predicted molar refractivity (Wildman–Crippen MR) is 103 cm³/mol. The molecule has 2 amide bonds. The minimum atomic E-state index is -0.723. The van der Waals surface area contributed by atoms with Crippen LogP contribution in [0.3, 0.4) is 0 Å². The van der Waals surface area contributed by atoms with Crippen molar-refractivity contribution in [2.45, 2.75) is 25.6 Å². The molecule has 0 aliphatic heterocycles. The van der Waals surface area contributed by atoms with E-state index >= 15 is 0 Å². The van der Waals surface area contributed by atoms with Crippen LogP contribution in [0.4, 0.5) is 0 Å². The molecular weight excluding hydrogens is 374 g/mol. The molecule has 152 valence electrons. The van der Waals surface area contributed by atoms with E-state index in [2.05, 4.69) is 41.2 Å². The van der Waals surface area contributed by atoms with Crippen LogP contribution in [0.1, 0.15) is 17.1 Å². The Morgan fingerprint density at radius 2 is 2.03 bits per heavy atom. The highest BCUT2D eigenvalue weighted by Gasteiger charge is 2.23. The van der Waals surface area contributed by atoms with Gasteiger partial charge in [0.2, 0.25) is 11.8 Å². The lowest BCUT2D eigenvalue weighted by Gasteiger charge is -2.22. The standard InChI is InChI=1S/C18H23N9O2/c1-19-18(29)15(7-14-8-20-12-21-14)22-17(28)11-27(10-16-23-25-26-24-16)9-13-5-3-2-4-6-13/h2-6,8,12,15H,7,9-11H2,1H3,(H,19,29)(H,20,21)(H,22,28)(H,23,24,25,26)/t15-/m0/s1. The van der Waals surface area contributed by atoms with E-state index < -0.39 is 6.04 Å². The largest absolute Gasteiger partial charge is 0.357 e. The summed E-state index contributed by atoms with van der Waals surface area (Å²) in [7, 11) is 1.53. The third-order valence-corrected chi connectivity index (χ3v) is 4.24. The van der Waals surface area contributed by atoms with Crippen LogP contribution in [0.15, 0.2) is 42.9 Å². The maximum absolute atomic E-state index is 12.7. The van der Waals surface area contributed by atoms with Crippen molar-refractivity contribution in [1.82, 2.24) is 46.1 Å². The van der Waals surface area contributed by atoms with E-state index in [0.717, 1.165) is 5.56 Å². The first kappa shape index (κ1) is 20.1. The Hall–Kier alpha value is -3.60. The van der Waals surface area contributed by atoms with E-state index in [9.17, 15) is 9.59 Å². The van der Waals surface area contributed by atoms with Crippen molar-refractivity contribution in [3.8, 4) is 0 Å². The average Bonchev–Trinajstić information content (AvgIpc) is 3.42. The third kappa shape index (κ3) is 6.21. The number of tetrazole rings is 1. The molecule has 3 rings (SSSR count). The topological polar surface area (TPSA) is 145 Å². The van der Waals surface area contributed by atoms with Gasteiger partial charge in [-0.05, 0) is 5.56 Å². The normalized spacial score (nSPS) is 11.9. The lowest BCUT2D eigenvalue weighted by Crippen LogP contribution is -2.49. The monoisotopic (exact) mass is 397 g/mol. The van der Waals surface area contributed by atoms with Gasteiger partial charge < -0.3 is 15.6 Å². The van der Waals surface area contributed by atoms with E-state index in [1.165, 1.54) is 13.4 Å². The van der Waals surface area contributed by atoms with Gasteiger partial charge in [0.1, 0.15) is 6.04 Å². The summed E-state index contributed by atoms with van der Waals surface area (Å²) < 4.78 is 0. The Labute approximate surface area is 167 Å². The minimum Gasteiger partial charge on any atom is -0.357 e. The fourth-order valence-corrected chi connectivity index (χ4v) is 2.90. The van der Waals surface area contributed by atoms with Crippen molar-refractivity contribution in [2.24, 2.45) is 0 Å². The smallest absolute Gasteiger partial charge is 0.242 e. The van der Waals surface area contributed by atoms with Gasteiger partial charge in [-0.2, -0.15) is 5.21 Å². The number of imidazole rings is 1. The van der Waals surface area contributed by atoms with Gasteiger partial charge in [0.05, 0.1) is 25.1 Å². The van der Waals surface area contributed by atoms with Crippen LogP contribution in [0.25, 0.3) is 0 Å². The Morgan fingerprint density at radius 3 is 2.69 bits per heavy atom. The van der Waals surface area contributed by atoms with Gasteiger partial charge in [-0.25, -0.2) is 4.98 Å². The Kier molecular flexibility index (Phi) is 7.00. The zero-order valence-electron chi connectivity index (χ0n) is 16.0. The molecule has 0 bridgehead atoms. The van der Waals surface area contributed by atoms with Crippen molar-refractivity contribution in [1.29, 1.82) is 0 Å². The van der Waals surface area contributed by atoms with Crippen molar-refractivity contribution in [3.05, 3.63) is 59.9 Å². The fourth-order valence-electron chi connectivity index (χ4n) is 2.90. The lowest BCUT2D eigenvalue weighted by molar-refractivity contribution is -0.129. The van der Waals surface area contributed by atoms with Crippen LogP contribution in [0, 0.1) is 0 Å². The maximum Gasteiger partial charge on any atom is 0.242 e. The first-order chi connectivity index (χ1) is 14.1. The molecule has 2 heterocycles. The highest BCUT2D eigenvalue weighted by molar-refractivity contribution is 5.88. The van der Waals surface area contributed by atoms with Gasteiger partial charge in [0.15, 0.2) is 5.82 Å². The summed E-state index contributed by atoms with van der Waals surface area (Å²) in [5.74, 6) is -0.0872. The Bertz CT molecular complexity index is 881. The molecule has 0 radical (unpaired) electrons. The molecule has 0 aliphatic carbocycles. The molecular formula is C18H23N9O2. The molecule has 11 heteroatoms. The SMILES string of the molecule is CNC(=O)[C@H](Cc1c[nH]cn1)NC(=O)CN(Cc1ccccc1)Cc1nn[nH]n1. The van der Waals surface area contributed by atoms with Crippen molar-refractivity contribution in [2.75, 3.05) is 13.6 Å². The number of nitrogens with zero attached hydrogens (tertiary/aromatic N) is 5. The van der Waals surface area contributed by atoms with Crippen LogP contribution < -0.4 is 10.6 Å². The second-order valence-electron chi connectivity index (χ2n) is 6.46. The number of aromatic nitrogens is 6. The van der Waals surface area contributed by atoms with Crippen molar-refractivity contribution < 1.29 is 9.59 Å². The Balaban J connectivity index is 1.65. The van der Waals surface area contributed by atoms with Gasteiger partial charge >= 0.3 is 0 Å². The van der Waals surface area contributed by atoms with Gasteiger partial charge in [0.25, 0.3) is 0 Å². The number of likely N-dealkylation sites (N-methyl/N-ethyl adjacent to an activating group) is 1. The summed E-state index contributed by atoms with van der Waals surface area (Å²) in [6, 6.07) is 9.04. The molecule has 29 heavy (non-hydrogen) atoms. The number of H-pyrrole nitrogens is 2. The van der Waals surface area contributed by atoms with Crippen LogP contribution >= 0.6 is 0 Å². The molecule has 2 aromatic heterocycles. The first-order valence-corrected chi connectivity index (χ1v) is 9.11. The fraction of sp³-hybridized carbons (Fsp3) is 0.333. The number of amides is 2. The second kappa shape index (κ2) is 10.1. The molecule has 3 aromatic rings. The maximum atomic E-state index is 12.7. The second-order valence-corrected chi connectivity index (χ2v) is 6.46. The molecule has 0 fully saturated rings. The molecule has 0 saturated heterocycles. The van der Waals surface area contributed by atoms with E-state index in [4.69, 9.17) is 0 Å². The first-order valence-electron chi connectivity index (χ1n) is 9.11. The summed E-state index contributed by atoms with van der Waals surface area (Å²) >= 11 is 0. The van der Waals surface area contributed by atoms with Crippen molar-refractivity contribution >= 4 is 11.8 Å². The summed E-state index contributed by atoms with van der Waals surface area (Å²) in [5.41, 5.74) is 1.73. The van der Waals surface area contributed by atoms with Gasteiger partial charge in [-0.15, -0.1) is 10.2 Å². The van der Waals surface area contributed by atoms with E-state index in [-0.39, 0.29) is 18.4 Å². The molecule has 4 N–H and O–H groups in total. The molecule has 11 nitrogen and oxygen atoms in total.